The molecule has 0 saturated carbocycles. The summed E-state index contributed by atoms with van der Waals surface area (Å²) >= 11 is 3.23. The summed E-state index contributed by atoms with van der Waals surface area (Å²) in [5, 5.41) is 0.445. The van der Waals surface area contributed by atoms with Gasteiger partial charge in [-0.1, -0.05) is 197 Å². The lowest BCUT2D eigenvalue weighted by Gasteiger charge is -2.20. The predicted molar refractivity (Wildman–Crippen MR) is 196 cm³/mol. The molecule has 1 unspecified atom stereocenters. The fraction of sp³-hybridized carbons (Fsp3) is 1.00. The number of unbranched alkanes of at least 4 members (excludes halogenated alkanes) is 26. The SMILES string of the molecule is CCCCCCCCCCCCCCCCOC[C@@H](COP(=O)(O)CCBr)OCCCCCCCCCCCCCCCC. The van der Waals surface area contributed by atoms with Gasteiger partial charge in [0.25, 0.3) is 0 Å². The van der Waals surface area contributed by atoms with E-state index in [1.54, 1.807) is 0 Å². The molecule has 0 bridgehead atoms. The van der Waals surface area contributed by atoms with Gasteiger partial charge in [0.1, 0.15) is 6.10 Å². The maximum Gasteiger partial charge on any atom is 0.329 e. The first-order valence-electron chi connectivity index (χ1n) is 19.3. The highest BCUT2D eigenvalue weighted by atomic mass is 79.9. The maximum atomic E-state index is 12.2. The zero-order valence-electron chi connectivity index (χ0n) is 29.5. The van der Waals surface area contributed by atoms with E-state index in [0.717, 1.165) is 19.4 Å². The number of alkyl halides is 1. The Kier molecular flexibility index (Phi) is 36.8. The standard InChI is InChI=1S/C37H76BrO5P/c1-3-5-7-9-11-13-15-17-19-21-23-25-27-29-32-41-35-37(36-43-44(39,40)34-31-38)42-33-30-28-26-24-22-20-18-16-14-12-10-8-6-4-2/h37H,3-36H2,1-2H3,(H,39,40)/t37-/m0/s1. The van der Waals surface area contributed by atoms with Crippen LogP contribution in [0.4, 0.5) is 0 Å². The molecule has 0 rings (SSSR count). The normalized spacial score (nSPS) is 13.8. The Morgan fingerprint density at radius 2 is 0.864 bits per heavy atom. The minimum Gasteiger partial charge on any atom is -0.379 e. The molecule has 266 valence electrons. The third-order valence-corrected chi connectivity index (χ3v) is 11.0. The van der Waals surface area contributed by atoms with Gasteiger partial charge in [0, 0.05) is 18.5 Å². The number of hydrogen-bond donors (Lipinski definition) is 1. The highest BCUT2D eigenvalue weighted by Gasteiger charge is 2.21. The van der Waals surface area contributed by atoms with Gasteiger partial charge in [-0.05, 0) is 12.8 Å². The summed E-state index contributed by atoms with van der Waals surface area (Å²) in [5.41, 5.74) is 0. The van der Waals surface area contributed by atoms with Crippen molar-refractivity contribution >= 4 is 23.5 Å². The van der Waals surface area contributed by atoms with E-state index in [1.165, 1.54) is 167 Å². The molecule has 0 aliphatic rings. The molecule has 0 amide bonds. The van der Waals surface area contributed by atoms with Crippen LogP contribution >= 0.6 is 23.5 Å². The third-order valence-electron chi connectivity index (χ3n) is 8.63. The van der Waals surface area contributed by atoms with Gasteiger partial charge in [-0.25, -0.2) is 0 Å². The van der Waals surface area contributed by atoms with Crippen LogP contribution in [0.1, 0.15) is 194 Å². The first kappa shape index (κ1) is 44.5. The van der Waals surface area contributed by atoms with Gasteiger partial charge in [-0.2, -0.15) is 0 Å². The largest absolute Gasteiger partial charge is 0.379 e. The van der Waals surface area contributed by atoms with E-state index < -0.39 is 7.60 Å². The monoisotopic (exact) mass is 710 g/mol. The molecule has 0 saturated heterocycles. The minimum atomic E-state index is -3.58. The van der Waals surface area contributed by atoms with Crippen LogP contribution in [0.5, 0.6) is 0 Å². The van der Waals surface area contributed by atoms with Gasteiger partial charge in [-0.3, -0.25) is 4.57 Å². The Morgan fingerprint density at radius 3 is 1.23 bits per heavy atom. The van der Waals surface area contributed by atoms with Gasteiger partial charge in [0.05, 0.1) is 19.4 Å². The molecule has 0 aromatic carbocycles. The van der Waals surface area contributed by atoms with E-state index in [2.05, 4.69) is 29.8 Å². The van der Waals surface area contributed by atoms with E-state index in [1.807, 2.05) is 0 Å². The second-order valence-corrected chi connectivity index (χ2v) is 15.9. The van der Waals surface area contributed by atoms with Crippen LogP contribution in [-0.4, -0.2) is 48.9 Å². The first-order chi connectivity index (χ1) is 21.6. The lowest BCUT2D eigenvalue weighted by molar-refractivity contribution is -0.0402. The van der Waals surface area contributed by atoms with Crippen molar-refractivity contribution in [1.29, 1.82) is 0 Å². The highest BCUT2D eigenvalue weighted by Crippen LogP contribution is 2.41. The van der Waals surface area contributed by atoms with E-state index in [9.17, 15) is 9.46 Å². The fourth-order valence-corrected chi connectivity index (χ4v) is 7.76. The Labute approximate surface area is 283 Å². The van der Waals surface area contributed by atoms with Crippen LogP contribution in [0.3, 0.4) is 0 Å². The van der Waals surface area contributed by atoms with E-state index >= 15 is 0 Å². The molecule has 0 aromatic heterocycles. The molecule has 0 aromatic rings. The molecule has 1 N–H and O–H groups in total. The fourth-order valence-electron chi connectivity index (χ4n) is 5.68. The molecule has 7 heteroatoms. The van der Waals surface area contributed by atoms with E-state index in [4.69, 9.17) is 14.0 Å². The summed E-state index contributed by atoms with van der Waals surface area (Å²) in [7, 11) is -3.58. The van der Waals surface area contributed by atoms with Crippen LogP contribution in [0.2, 0.25) is 0 Å². The van der Waals surface area contributed by atoms with Crippen LogP contribution in [0.15, 0.2) is 0 Å². The third kappa shape index (κ3) is 35.4. The zero-order chi connectivity index (χ0) is 32.2. The summed E-state index contributed by atoms with van der Waals surface area (Å²) in [4.78, 5) is 9.99. The molecule has 0 aliphatic heterocycles. The molecule has 0 radical (unpaired) electrons. The second-order valence-electron chi connectivity index (χ2n) is 13.1. The summed E-state index contributed by atoms with van der Waals surface area (Å²) in [6, 6.07) is 0. The van der Waals surface area contributed by atoms with Crippen molar-refractivity contribution in [3.63, 3.8) is 0 Å². The van der Waals surface area contributed by atoms with Crippen LogP contribution < -0.4 is 0 Å². The van der Waals surface area contributed by atoms with Gasteiger partial charge in [-0.15, -0.1) is 0 Å². The quantitative estimate of drug-likeness (QED) is 0.0392. The lowest BCUT2D eigenvalue weighted by atomic mass is 10.0. The molecule has 0 fully saturated rings. The molecule has 0 spiro atoms. The Hall–Kier alpha value is 0.550. The van der Waals surface area contributed by atoms with Gasteiger partial charge in [0.15, 0.2) is 0 Å². The van der Waals surface area contributed by atoms with Crippen molar-refractivity contribution in [2.24, 2.45) is 0 Å². The molecular weight excluding hydrogens is 635 g/mol. The summed E-state index contributed by atoms with van der Waals surface area (Å²) < 4.78 is 29.5. The second kappa shape index (κ2) is 36.4. The van der Waals surface area contributed by atoms with Gasteiger partial charge < -0.3 is 18.9 Å². The zero-order valence-corrected chi connectivity index (χ0v) is 32.0. The molecule has 44 heavy (non-hydrogen) atoms. The summed E-state index contributed by atoms with van der Waals surface area (Å²) in [6.45, 7) is 6.46. The lowest BCUT2D eigenvalue weighted by Crippen LogP contribution is -2.26. The van der Waals surface area contributed by atoms with Crippen LogP contribution in [-0.2, 0) is 18.6 Å². The van der Waals surface area contributed by atoms with E-state index in [-0.39, 0.29) is 18.9 Å². The van der Waals surface area contributed by atoms with E-state index in [0.29, 0.717) is 18.5 Å². The molecule has 5 nitrogen and oxygen atoms in total. The van der Waals surface area contributed by atoms with Crippen LogP contribution in [0, 0.1) is 0 Å². The average molecular weight is 712 g/mol. The highest BCUT2D eigenvalue weighted by molar-refractivity contribution is 9.09. The van der Waals surface area contributed by atoms with Gasteiger partial charge in [0.2, 0.25) is 0 Å². The summed E-state index contributed by atoms with van der Waals surface area (Å²) in [6.07, 6.45) is 37.3. The Balaban J connectivity index is 3.82. The van der Waals surface area contributed by atoms with Crippen molar-refractivity contribution in [2.45, 2.75) is 200 Å². The number of hydrogen-bond acceptors (Lipinski definition) is 4. The Bertz CT molecular complexity index is 594. The average Bonchev–Trinajstić information content (AvgIpc) is 3.01. The summed E-state index contributed by atoms with van der Waals surface area (Å²) in [5.74, 6) is 0. The first-order valence-corrected chi connectivity index (χ1v) is 22.2. The van der Waals surface area contributed by atoms with Crippen molar-refractivity contribution in [2.75, 3.05) is 37.9 Å². The molecule has 0 heterocycles. The van der Waals surface area contributed by atoms with Crippen LogP contribution in [0.25, 0.3) is 0 Å². The predicted octanol–water partition coefficient (Wildman–Crippen LogP) is 12.9. The smallest absolute Gasteiger partial charge is 0.329 e. The number of rotatable bonds is 38. The minimum absolute atomic E-state index is 0.109. The Morgan fingerprint density at radius 1 is 0.523 bits per heavy atom. The molecular formula is C37H76BrO5P. The van der Waals surface area contributed by atoms with Gasteiger partial charge >= 0.3 is 7.60 Å². The number of ether oxygens (including phenoxy) is 2. The molecule has 0 aliphatic carbocycles. The molecule has 2 atom stereocenters. The number of halogens is 1. The van der Waals surface area contributed by atoms with Crippen molar-refractivity contribution in [1.82, 2.24) is 0 Å². The van der Waals surface area contributed by atoms with Crippen molar-refractivity contribution < 1.29 is 23.5 Å². The van der Waals surface area contributed by atoms with Crippen molar-refractivity contribution in [3.05, 3.63) is 0 Å². The van der Waals surface area contributed by atoms with Crippen molar-refractivity contribution in [3.8, 4) is 0 Å². The maximum absolute atomic E-state index is 12.2. The topological polar surface area (TPSA) is 65.0 Å².